The second-order valence-corrected chi connectivity index (χ2v) is 9.32. The van der Waals surface area contributed by atoms with Crippen LogP contribution in [0, 0.1) is 0 Å². The standard InChI is InChI=1S/C29H45NO5/c1-5-6-7-8-9-10-11-12-13-14-15-18-21-26(31)22-19-16-17-20-23-29(34)35-27(24-28(32)33)25-30(2,3)4/h6-7,9-10,12-13,15-19,22,26-27,31H,5,8,11,14,20-21,23-25H2,1-4H3/b7-6+,10-9+,13-12+,17-16+,18-15+,22-19+. The first kappa shape index (κ1) is 32.3. The molecule has 196 valence electrons. The van der Waals surface area contributed by atoms with Gasteiger partial charge in [-0.2, -0.15) is 0 Å². The van der Waals surface area contributed by atoms with Gasteiger partial charge >= 0.3 is 5.97 Å². The molecule has 0 fully saturated rings. The van der Waals surface area contributed by atoms with Gasteiger partial charge in [0.15, 0.2) is 6.10 Å². The van der Waals surface area contributed by atoms with Gasteiger partial charge in [0.05, 0.1) is 27.2 Å². The number of carboxylic acid groups (broad SMARTS) is 1. The lowest BCUT2D eigenvalue weighted by Crippen LogP contribution is -2.45. The third kappa shape index (κ3) is 24.2. The molecule has 0 aliphatic heterocycles. The summed E-state index contributed by atoms with van der Waals surface area (Å²) in [4.78, 5) is 22.9. The van der Waals surface area contributed by atoms with Gasteiger partial charge in [-0.3, -0.25) is 4.79 Å². The van der Waals surface area contributed by atoms with Gasteiger partial charge in [-0.05, 0) is 38.5 Å². The van der Waals surface area contributed by atoms with Crippen molar-refractivity contribution < 1.29 is 29.0 Å². The van der Waals surface area contributed by atoms with Crippen LogP contribution < -0.4 is 5.11 Å². The van der Waals surface area contributed by atoms with Gasteiger partial charge in [0.1, 0.15) is 6.54 Å². The Morgan fingerprint density at radius 2 is 1.46 bits per heavy atom. The Kier molecular flexibility index (Phi) is 19.1. The third-order valence-corrected chi connectivity index (χ3v) is 4.64. The summed E-state index contributed by atoms with van der Waals surface area (Å²) in [5, 5.41) is 20.9. The summed E-state index contributed by atoms with van der Waals surface area (Å²) in [6, 6.07) is 0. The fraction of sp³-hybridized carbons (Fsp3) is 0.517. The summed E-state index contributed by atoms with van der Waals surface area (Å²) in [6.07, 6.45) is 27.4. The minimum Gasteiger partial charge on any atom is -0.550 e. The minimum absolute atomic E-state index is 0.162. The number of ether oxygens (including phenoxy) is 1. The highest BCUT2D eigenvalue weighted by molar-refractivity contribution is 5.71. The van der Waals surface area contributed by atoms with Crippen molar-refractivity contribution in [2.45, 2.75) is 70.5 Å². The number of carboxylic acids is 1. The summed E-state index contributed by atoms with van der Waals surface area (Å²) in [5.74, 6) is -1.66. The normalized spacial score (nSPS) is 14.9. The van der Waals surface area contributed by atoms with Gasteiger partial charge in [0.25, 0.3) is 0 Å². The number of carbonyl (C=O) groups excluding carboxylic acids is 2. The molecular weight excluding hydrogens is 442 g/mol. The second kappa shape index (κ2) is 20.7. The average molecular weight is 488 g/mol. The first-order valence-electron chi connectivity index (χ1n) is 12.4. The van der Waals surface area contributed by atoms with E-state index >= 15 is 0 Å². The van der Waals surface area contributed by atoms with Gasteiger partial charge in [-0.25, -0.2) is 0 Å². The second-order valence-electron chi connectivity index (χ2n) is 9.32. The van der Waals surface area contributed by atoms with Crippen molar-refractivity contribution in [2.24, 2.45) is 0 Å². The Bertz CT molecular complexity index is 754. The number of aliphatic hydroxyl groups excluding tert-OH is 1. The fourth-order valence-electron chi connectivity index (χ4n) is 3.05. The van der Waals surface area contributed by atoms with Crippen LogP contribution in [0.5, 0.6) is 0 Å². The predicted molar refractivity (Wildman–Crippen MR) is 141 cm³/mol. The number of likely N-dealkylation sites (N-methyl/N-ethyl adjacent to an activating group) is 1. The number of allylic oxidation sites excluding steroid dienone is 10. The summed E-state index contributed by atoms with van der Waals surface area (Å²) >= 11 is 0. The lowest BCUT2D eigenvalue weighted by atomic mass is 10.2. The molecule has 2 atom stereocenters. The Hall–Kier alpha value is -2.70. The van der Waals surface area contributed by atoms with E-state index in [9.17, 15) is 19.8 Å². The molecule has 1 N–H and O–H groups in total. The number of quaternary nitrogens is 1. The number of hydrogen-bond donors (Lipinski definition) is 1. The lowest BCUT2D eigenvalue weighted by molar-refractivity contribution is -0.873. The molecule has 0 saturated heterocycles. The van der Waals surface area contributed by atoms with E-state index < -0.39 is 24.1 Å². The predicted octanol–water partition coefficient (Wildman–Crippen LogP) is 4.19. The Labute approximate surface area is 212 Å². The zero-order chi connectivity index (χ0) is 26.4. The molecule has 0 aromatic rings. The molecule has 0 radical (unpaired) electrons. The van der Waals surface area contributed by atoms with Crippen LogP contribution in [0.1, 0.15) is 58.3 Å². The van der Waals surface area contributed by atoms with Crippen molar-refractivity contribution in [1.82, 2.24) is 0 Å². The van der Waals surface area contributed by atoms with Crippen LogP contribution in [0.2, 0.25) is 0 Å². The Morgan fingerprint density at radius 3 is 2.00 bits per heavy atom. The van der Waals surface area contributed by atoms with Gasteiger partial charge in [0, 0.05) is 18.8 Å². The zero-order valence-electron chi connectivity index (χ0n) is 22.0. The molecule has 0 spiro atoms. The van der Waals surface area contributed by atoms with E-state index in [4.69, 9.17) is 4.74 Å². The molecule has 0 heterocycles. The van der Waals surface area contributed by atoms with Crippen molar-refractivity contribution in [3.63, 3.8) is 0 Å². The molecule has 0 saturated carbocycles. The minimum atomic E-state index is -1.23. The van der Waals surface area contributed by atoms with Crippen LogP contribution in [0.25, 0.3) is 0 Å². The van der Waals surface area contributed by atoms with Crippen LogP contribution >= 0.6 is 0 Å². The van der Waals surface area contributed by atoms with Crippen molar-refractivity contribution >= 4 is 11.9 Å². The highest BCUT2D eigenvalue weighted by Gasteiger charge is 2.22. The number of esters is 1. The maximum absolute atomic E-state index is 12.0. The monoisotopic (exact) mass is 487 g/mol. The SMILES string of the molecule is CC/C=C/C/C=C/C/C=C/C/C=C/CC(O)/C=C/C=C/CCC(=O)OC(CC(=O)[O-])C[N+](C)(C)C. The summed E-state index contributed by atoms with van der Waals surface area (Å²) in [5.41, 5.74) is 0. The first-order valence-corrected chi connectivity index (χ1v) is 12.4. The van der Waals surface area contributed by atoms with Gasteiger partial charge in [-0.15, -0.1) is 0 Å². The number of aliphatic hydroxyl groups is 1. The highest BCUT2D eigenvalue weighted by Crippen LogP contribution is 2.07. The molecule has 35 heavy (non-hydrogen) atoms. The van der Waals surface area contributed by atoms with Gasteiger partial charge < -0.3 is 24.2 Å². The molecular formula is C29H45NO5. The smallest absolute Gasteiger partial charge is 0.306 e. The number of carbonyl (C=O) groups is 2. The van der Waals surface area contributed by atoms with Crippen LogP contribution in [0.3, 0.4) is 0 Å². The highest BCUT2D eigenvalue weighted by atomic mass is 16.5. The van der Waals surface area contributed by atoms with E-state index in [2.05, 4.69) is 43.4 Å². The van der Waals surface area contributed by atoms with Crippen molar-refractivity contribution in [3.05, 3.63) is 72.9 Å². The molecule has 0 aromatic heterocycles. The molecule has 0 amide bonds. The third-order valence-electron chi connectivity index (χ3n) is 4.64. The number of aliphatic carboxylic acids is 1. The van der Waals surface area contributed by atoms with E-state index in [1.165, 1.54) is 0 Å². The van der Waals surface area contributed by atoms with Crippen molar-refractivity contribution in [1.29, 1.82) is 0 Å². The van der Waals surface area contributed by atoms with Gasteiger partial charge in [0.2, 0.25) is 0 Å². The topological polar surface area (TPSA) is 86.7 Å². The molecule has 2 unspecified atom stereocenters. The Balaban J connectivity index is 4.07. The molecule has 0 bridgehead atoms. The van der Waals surface area contributed by atoms with E-state index in [0.717, 1.165) is 25.7 Å². The molecule has 0 aromatic carbocycles. The lowest BCUT2D eigenvalue weighted by Gasteiger charge is -2.29. The molecule has 0 aliphatic carbocycles. The average Bonchev–Trinajstić information content (AvgIpc) is 2.75. The molecule has 0 aliphatic rings. The largest absolute Gasteiger partial charge is 0.550 e. The molecule has 6 heteroatoms. The van der Waals surface area contributed by atoms with Crippen LogP contribution in [-0.4, -0.2) is 61.4 Å². The first-order chi connectivity index (χ1) is 16.6. The zero-order valence-corrected chi connectivity index (χ0v) is 22.0. The summed E-state index contributed by atoms with van der Waals surface area (Å²) in [7, 11) is 5.71. The van der Waals surface area contributed by atoms with E-state index in [1.54, 1.807) is 18.2 Å². The maximum atomic E-state index is 12.0. The van der Waals surface area contributed by atoms with Gasteiger partial charge in [-0.1, -0.05) is 79.8 Å². The number of nitrogens with zero attached hydrogens (tertiary/aromatic N) is 1. The Morgan fingerprint density at radius 1 is 0.886 bits per heavy atom. The summed E-state index contributed by atoms with van der Waals surface area (Å²) in [6.45, 7) is 2.53. The number of hydrogen-bond acceptors (Lipinski definition) is 5. The number of rotatable bonds is 19. The maximum Gasteiger partial charge on any atom is 0.306 e. The summed E-state index contributed by atoms with van der Waals surface area (Å²) < 4.78 is 5.79. The van der Waals surface area contributed by atoms with Crippen LogP contribution in [0.15, 0.2) is 72.9 Å². The van der Waals surface area contributed by atoms with E-state index in [0.29, 0.717) is 23.9 Å². The fourth-order valence-corrected chi connectivity index (χ4v) is 3.05. The van der Waals surface area contributed by atoms with E-state index in [1.807, 2.05) is 39.4 Å². The van der Waals surface area contributed by atoms with Crippen LogP contribution in [0.4, 0.5) is 0 Å². The van der Waals surface area contributed by atoms with E-state index in [-0.39, 0.29) is 12.8 Å². The van der Waals surface area contributed by atoms with Crippen molar-refractivity contribution in [2.75, 3.05) is 27.7 Å². The van der Waals surface area contributed by atoms with Crippen LogP contribution in [-0.2, 0) is 14.3 Å². The quantitative estimate of drug-likeness (QED) is 0.128. The van der Waals surface area contributed by atoms with Crippen molar-refractivity contribution in [3.8, 4) is 0 Å². The molecule has 6 nitrogen and oxygen atoms in total. The molecule has 0 rings (SSSR count).